The van der Waals surface area contributed by atoms with Crippen LogP contribution in [0.2, 0.25) is 0 Å². The summed E-state index contributed by atoms with van der Waals surface area (Å²) in [5.74, 6) is 1.93. The maximum atomic E-state index is 5.66. The second-order valence-electron chi connectivity index (χ2n) is 7.12. The average Bonchev–Trinajstić information content (AvgIpc) is 3.00. The predicted molar refractivity (Wildman–Crippen MR) is 88.9 cm³/mol. The molecular formula is C17H28N4O. The SMILES string of the molecule is CN=C(NCC(c1ccco1)N1CCCC1)NC1CC1(C)C. The van der Waals surface area contributed by atoms with Crippen molar-refractivity contribution in [3.63, 3.8) is 0 Å². The smallest absolute Gasteiger partial charge is 0.191 e. The number of guanidine groups is 1. The molecule has 2 atom stereocenters. The van der Waals surface area contributed by atoms with Crippen molar-refractivity contribution in [1.29, 1.82) is 0 Å². The van der Waals surface area contributed by atoms with E-state index >= 15 is 0 Å². The molecule has 2 fully saturated rings. The summed E-state index contributed by atoms with van der Waals surface area (Å²) in [6.45, 7) is 7.69. The van der Waals surface area contributed by atoms with Gasteiger partial charge >= 0.3 is 0 Å². The van der Waals surface area contributed by atoms with Gasteiger partial charge in [0.15, 0.2) is 5.96 Å². The Kier molecular flexibility index (Phi) is 4.43. The summed E-state index contributed by atoms with van der Waals surface area (Å²) in [7, 11) is 1.84. The van der Waals surface area contributed by atoms with E-state index in [1.807, 2.05) is 13.1 Å². The van der Waals surface area contributed by atoms with Gasteiger partial charge in [0.2, 0.25) is 0 Å². The normalized spacial score (nSPS) is 26.0. The zero-order valence-electron chi connectivity index (χ0n) is 13.9. The minimum atomic E-state index is 0.281. The van der Waals surface area contributed by atoms with Crippen molar-refractivity contribution in [3.05, 3.63) is 24.2 Å². The summed E-state index contributed by atoms with van der Waals surface area (Å²) in [6, 6.07) is 4.86. The molecule has 3 rings (SSSR count). The van der Waals surface area contributed by atoms with Crippen LogP contribution in [-0.2, 0) is 0 Å². The highest BCUT2D eigenvalue weighted by molar-refractivity contribution is 5.80. The maximum Gasteiger partial charge on any atom is 0.191 e. The highest BCUT2D eigenvalue weighted by atomic mass is 16.3. The summed E-state index contributed by atoms with van der Waals surface area (Å²) in [5, 5.41) is 6.99. The number of rotatable bonds is 5. The van der Waals surface area contributed by atoms with Crippen LogP contribution in [0.15, 0.2) is 27.8 Å². The van der Waals surface area contributed by atoms with Crippen LogP contribution in [0.5, 0.6) is 0 Å². The lowest BCUT2D eigenvalue weighted by Gasteiger charge is -2.26. The molecule has 0 amide bonds. The Balaban J connectivity index is 1.58. The molecule has 1 aromatic rings. The molecule has 122 valence electrons. The molecule has 2 aliphatic rings. The summed E-state index contributed by atoms with van der Waals surface area (Å²) < 4.78 is 5.66. The topological polar surface area (TPSA) is 52.8 Å². The van der Waals surface area contributed by atoms with Crippen molar-refractivity contribution >= 4 is 5.96 Å². The largest absolute Gasteiger partial charge is 0.468 e. The van der Waals surface area contributed by atoms with Crippen molar-refractivity contribution in [2.24, 2.45) is 10.4 Å². The Morgan fingerprint density at radius 3 is 2.73 bits per heavy atom. The van der Waals surface area contributed by atoms with Crippen LogP contribution >= 0.6 is 0 Å². The number of hydrogen-bond donors (Lipinski definition) is 2. The van der Waals surface area contributed by atoms with Crippen LogP contribution in [0.3, 0.4) is 0 Å². The molecule has 2 unspecified atom stereocenters. The Labute approximate surface area is 133 Å². The fraction of sp³-hybridized carbons (Fsp3) is 0.706. The van der Waals surface area contributed by atoms with Gasteiger partial charge in [-0.05, 0) is 49.9 Å². The minimum Gasteiger partial charge on any atom is -0.468 e. The van der Waals surface area contributed by atoms with Crippen LogP contribution in [-0.4, -0.2) is 43.6 Å². The number of hydrogen-bond acceptors (Lipinski definition) is 3. The summed E-state index contributed by atoms with van der Waals surface area (Å²) >= 11 is 0. The molecule has 0 radical (unpaired) electrons. The van der Waals surface area contributed by atoms with Gasteiger partial charge in [0.05, 0.1) is 12.3 Å². The van der Waals surface area contributed by atoms with E-state index in [1.165, 1.54) is 19.3 Å². The number of aliphatic imine (C=N–C) groups is 1. The van der Waals surface area contributed by atoms with Crippen molar-refractivity contribution in [1.82, 2.24) is 15.5 Å². The number of nitrogens with one attached hydrogen (secondary N) is 2. The predicted octanol–water partition coefficient (Wildman–Crippen LogP) is 2.38. The highest BCUT2D eigenvalue weighted by Gasteiger charge is 2.46. The van der Waals surface area contributed by atoms with Gasteiger partial charge in [-0.25, -0.2) is 0 Å². The third kappa shape index (κ3) is 3.46. The third-order valence-corrected chi connectivity index (χ3v) is 4.96. The summed E-state index contributed by atoms with van der Waals surface area (Å²) in [6.07, 6.45) is 5.53. The standard InChI is InChI=1S/C17H28N4O/c1-17(2)11-15(17)20-16(18-3)19-12-13(14-7-6-10-22-14)21-8-4-5-9-21/h6-7,10,13,15H,4-5,8-9,11-12H2,1-3H3,(H2,18,19,20). The average molecular weight is 304 g/mol. The Hall–Kier alpha value is -1.49. The molecule has 1 aliphatic heterocycles. The van der Waals surface area contributed by atoms with Crippen LogP contribution < -0.4 is 10.6 Å². The third-order valence-electron chi connectivity index (χ3n) is 4.96. The lowest BCUT2D eigenvalue weighted by Crippen LogP contribution is -2.44. The first-order chi connectivity index (χ1) is 10.6. The first-order valence-corrected chi connectivity index (χ1v) is 8.35. The van der Waals surface area contributed by atoms with E-state index < -0.39 is 0 Å². The maximum absolute atomic E-state index is 5.66. The van der Waals surface area contributed by atoms with Crippen molar-refractivity contribution in [2.45, 2.75) is 45.2 Å². The Morgan fingerprint density at radius 1 is 1.45 bits per heavy atom. The molecule has 22 heavy (non-hydrogen) atoms. The lowest BCUT2D eigenvalue weighted by molar-refractivity contribution is 0.215. The quantitative estimate of drug-likeness (QED) is 0.648. The van der Waals surface area contributed by atoms with Gasteiger partial charge in [-0.3, -0.25) is 9.89 Å². The Bertz CT molecular complexity index is 503. The molecular weight excluding hydrogens is 276 g/mol. The van der Waals surface area contributed by atoms with Crippen LogP contribution in [0, 0.1) is 5.41 Å². The minimum absolute atomic E-state index is 0.281. The molecule has 0 bridgehead atoms. The second-order valence-corrected chi connectivity index (χ2v) is 7.12. The number of nitrogens with zero attached hydrogens (tertiary/aromatic N) is 2. The molecule has 2 N–H and O–H groups in total. The van der Waals surface area contributed by atoms with Gasteiger partial charge in [0.25, 0.3) is 0 Å². The van der Waals surface area contributed by atoms with E-state index in [9.17, 15) is 0 Å². The zero-order valence-corrected chi connectivity index (χ0v) is 13.9. The molecule has 1 saturated carbocycles. The monoisotopic (exact) mass is 304 g/mol. The van der Waals surface area contributed by atoms with Gasteiger partial charge in [-0.1, -0.05) is 13.8 Å². The number of furan rings is 1. The molecule has 0 spiro atoms. The van der Waals surface area contributed by atoms with E-state index in [1.54, 1.807) is 6.26 Å². The van der Waals surface area contributed by atoms with E-state index in [2.05, 4.69) is 40.4 Å². The Morgan fingerprint density at radius 2 is 2.18 bits per heavy atom. The number of likely N-dealkylation sites (tertiary alicyclic amines) is 1. The van der Waals surface area contributed by atoms with Gasteiger partial charge in [-0.2, -0.15) is 0 Å². The summed E-state index contributed by atoms with van der Waals surface area (Å²) in [4.78, 5) is 6.86. The van der Waals surface area contributed by atoms with Gasteiger partial charge in [0.1, 0.15) is 5.76 Å². The molecule has 0 aromatic carbocycles. The first kappa shape index (κ1) is 15.4. The molecule has 5 heteroatoms. The van der Waals surface area contributed by atoms with Crippen molar-refractivity contribution in [3.8, 4) is 0 Å². The van der Waals surface area contributed by atoms with Crippen LogP contribution in [0.1, 0.15) is 44.9 Å². The van der Waals surface area contributed by atoms with E-state index in [-0.39, 0.29) is 6.04 Å². The van der Waals surface area contributed by atoms with Gasteiger partial charge in [0, 0.05) is 19.6 Å². The molecule has 1 aromatic heterocycles. The van der Waals surface area contributed by atoms with E-state index in [0.29, 0.717) is 11.5 Å². The van der Waals surface area contributed by atoms with Gasteiger partial charge in [-0.15, -0.1) is 0 Å². The first-order valence-electron chi connectivity index (χ1n) is 8.35. The van der Waals surface area contributed by atoms with Gasteiger partial charge < -0.3 is 15.1 Å². The van der Waals surface area contributed by atoms with Crippen molar-refractivity contribution in [2.75, 3.05) is 26.7 Å². The van der Waals surface area contributed by atoms with E-state index in [4.69, 9.17) is 4.42 Å². The molecule has 5 nitrogen and oxygen atoms in total. The lowest BCUT2D eigenvalue weighted by atomic mass is 10.2. The second kappa shape index (κ2) is 6.32. The molecule has 1 saturated heterocycles. The highest BCUT2D eigenvalue weighted by Crippen LogP contribution is 2.44. The molecule has 2 heterocycles. The fourth-order valence-corrected chi connectivity index (χ4v) is 3.21. The zero-order chi connectivity index (χ0) is 15.6. The van der Waals surface area contributed by atoms with Crippen LogP contribution in [0.25, 0.3) is 0 Å². The molecule has 1 aliphatic carbocycles. The fourth-order valence-electron chi connectivity index (χ4n) is 3.21. The summed E-state index contributed by atoms with van der Waals surface area (Å²) in [5.41, 5.74) is 0.396. The van der Waals surface area contributed by atoms with Crippen LogP contribution in [0.4, 0.5) is 0 Å². The van der Waals surface area contributed by atoms with Crippen molar-refractivity contribution < 1.29 is 4.42 Å². The van der Waals surface area contributed by atoms with E-state index in [0.717, 1.165) is 31.4 Å².